The molecule has 0 saturated carbocycles. The zero-order valence-electron chi connectivity index (χ0n) is 50.2. The molecule has 432 valence electrons. The molecule has 0 bridgehead atoms. The largest absolute Gasteiger partial charge is 0.458 e. The summed E-state index contributed by atoms with van der Waals surface area (Å²) in [5.74, 6) is 5.06. The monoisotopic (exact) mass is 1220 g/mol. The first-order valence-electron chi connectivity index (χ1n) is 31.9. The Morgan fingerprint density at radius 3 is 0.946 bits per heavy atom. The summed E-state index contributed by atoms with van der Waals surface area (Å²) in [6.45, 7) is -0.0404. The summed E-state index contributed by atoms with van der Waals surface area (Å²) in [6, 6.07) is 117. The molecular formula is C84H52B2N2O3SSi. The number of para-hydroxylation sites is 3. The number of hydrogen-bond acceptors (Lipinski definition) is 6. The van der Waals surface area contributed by atoms with Crippen LogP contribution in [-0.4, -0.2) is 21.5 Å². The zero-order valence-corrected chi connectivity index (χ0v) is 52.0. The Morgan fingerprint density at radius 1 is 0.247 bits per heavy atom. The van der Waals surface area contributed by atoms with Crippen molar-refractivity contribution >= 4 is 121 Å². The number of anilines is 6. The highest BCUT2D eigenvalue weighted by atomic mass is 32.2. The molecule has 9 heteroatoms. The molecule has 14 aromatic rings. The smallest absolute Gasteiger partial charge is 0.260 e. The van der Waals surface area contributed by atoms with Gasteiger partial charge in [0.15, 0.2) is 8.07 Å². The van der Waals surface area contributed by atoms with Crippen molar-refractivity contribution in [1.29, 1.82) is 0 Å². The minimum atomic E-state index is -3.73. The summed E-state index contributed by atoms with van der Waals surface area (Å²) in [5.41, 5.74) is 22.7. The third kappa shape index (κ3) is 7.85. The Balaban J connectivity index is 0.911. The van der Waals surface area contributed by atoms with E-state index in [2.05, 4.69) is 325 Å². The average molecular weight is 1220 g/mol. The number of rotatable bonds is 6. The lowest BCUT2D eigenvalue weighted by Crippen LogP contribution is -2.79. The number of benzene rings is 14. The standard InChI is InChI=1S/C84H52B2N2O3SSi/c1-5-21-53(22-6-1)57-37-41-67-79(45-57)93(80-46-58(54-23-7-2-8-24-54)38-42-68(80)87(67)61-49-74-83-75(50-61)90-72-34-18-14-30-64(72)85(83)63-29-13-17-33-71(63)89-74)81-47-59(55-25-9-3-10-26-55)39-43-69(81)88(70-44-40-60(48-82(70)93)56-27-11-4-12-28-56)62-51-76-84-78(52-62)92-77-36-20-16-32-66(77)86(84)65-31-15-19-35-73(65)91-76/h1-52H. The molecule has 0 unspecified atom stereocenters. The first-order chi connectivity index (χ1) is 46.1. The van der Waals surface area contributed by atoms with E-state index in [0.29, 0.717) is 0 Å². The van der Waals surface area contributed by atoms with Crippen molar-refractivity contribution < 1.29 is 14.2 Å². The van der Waals surface area contributed by atoms with E-state index in [9.17, 15) is 0 Å². The van der Waals surface area contributed by atoms with Gasteiger partial charge in [0, 0.05) is 56.2 Å². The number of nitrogens with zero attached hydrogens (tertiary/aromatic N) is 2. The van der Waals surface area contributed by atoms with Crippen LogP contribution in [0.1, 0.15) is 0 Å². The van der Waals surface area contributed by atoms with Crippen LogP contribution < -0.4 is 77.5 Å². The molecule has 93 heavy (non-hydrogen) atoms. The fraction of sp³-hybridized carbons (Fsp3) is 0. The van der Waals surface area contributed by atoms with Gasteiger partial charge >= 0.3 is 0 Å². The summed E-state index contributed by atoms with van der Waals surface area (Å²) in [5, 5.41) is 5.12. The predicted octanol–water partition coefficient (Wildman–Crippen LogP) is 15.1. The van der Waals surface area contributed by atoms with Crippen LogP contribution in [0.5, 0.6) is 34.5 Å². The van der Waals surface area contributed by atoms with E-state index in [0.717, 1.165) is 130 Å². The first kappa shape index (κ1) is 52.5. The lowest BCUT2D eigenvalue weighted by molar-refractivity contribution is 0.465. The molecule has 1 spiro atoms. The topological polar surface area (TPSA) is 34.2 Å². The fourth-order valence-electron chi connectivity index (χ4n) is 16.1. The highest BCUT2D eigenvalue weighted by molar-refractivity contribution is 8.00. The van der Waals surface area contributed by atoms with Crippen molar-refractivity contribution in [3.8, 4) is 79.0 Å². The SMILES string of the molecule is c1ccc(-c2ccc3c(c2)[Si]2(c4cc(-c5ccccc5)ccc4N3c3cc4c5c(c3)Oc3ccccc3B5c3ccccc3O4)c3cc(-c4ccccc4)ccc3N(c3cc4c5c(c3)Sc3ccccc3B5c3ccccc3O4)c3ccc(-c4ccccc4)cc32)cc1. The molecule has 0 aliphatic carbocycles. The van der Waals surface area contributed by atoms with Gasteiger partial charge in [0.05, 0.1) is 11.4 Å². The number of fused-ring (bicyclic) bond motifs is 16. The van der Waals surface area contributed by atoms with Crippen LogP contribution in [0.3, 0.4) is 0 Å². The van der Waals surface area contributed by atoms with Crippen molar-refractivity contribution in [3.05, 3.63) is 315 Å². The maximum Gasteiger partial charge on any atom is 0.260 e. The van der Waals surface area contributed by atoms with E-state index in [-0.39, 0.29) is 13.4 Å². The van der Waals surface area contributed by atoms with Gasteiger partial charge in [-0.05, 0) is 142 Å². The number of hydrogen-bond donors (Lipinski definition) is 0. The molecule has 0 radical (unpaired) electrons. The molecule has 14 aromatic carbocycles. The molecule has 0 saturated heterocycles. The van der Waals surface area contributed by atoms with E-state index in [1.807, 2.05) is 11.8 Å². The van der Waals surface area contributed by atoms with E-state index in [1.54, 1.807) is 0 Å². The van der Waals surface area contributed by atoms with Crippen molar-refractivity contribution in [2.75, 3.05) is 9.80 Å². The maximum absolute atomic E-state index is 7.21. The van der Waals surface area contributed by atoms with Crippen LogP contribution in [0, 0.1) is 0 Å². The van der Waals surface area contributed by atoms with Gasteiger partial charge in [-0.3, -0.25) is 0 Å². The van der Waals surface area contributed by atoms with Crippen molar-refractivity contribution in [1.82, 2.24) is 0 Å². The van der Waals surface area contributed by atoms with Gasteiger partial charge in [0.25, 0.3) is 13.4 Å². The summed E-state index contributed by atoms with van der Waals surface area (Å²) < 4.78 is 21.5. The normalized spacial score (nSPS) is 14.0. The maximum atomic E-state index is 7.21. The Hall–Kier alpha value is -11.2. The highest BCUT2D eigenvalue weighted by Gasteiger charge is 2.56. The van der Waals surface area contributed by atoms with Crippen molar-refractivity contribution in [2.24, 2.45) is 0 Å². The summed E-state index contributed by atoms with van der Waals surface area (Å²) in [7, 11) is -3.73. The third-order valence-electron chi connectivity index (χ3n) is 20.1. The summed E-state index contributed by atoms with van der Waals surface area (Å²) >= 11 is 1.85. The Morgan fingerprint density at radius 2 is 0.559 bits per heavy atom. The third-order valence-corrected chi connectivity index (χ3v) is 26.0. The molecule has 0 fully saturated rings. The van der Waals surface area contributed by atoms with Crippen LogP contribution in [0.25, 0.3) is 44.5 Å². The first-order valence-corrected chi connectivity index (χ1v) is 34.7. The van der Waals surface area contributed by atoms with Crippen LogP contribution in [-0.2, 0) is 0 Å². The molecule has 20 rings (SSSR count). The molecule has 6 aliphatic heterocycles. The molecule has 6 heterocycles. The second kappa shape index (κ2) is 20.4. The minimum absolute atomic E-state index is 0.0286. The van der Waals surface area contributed by atoms with Crippen LogP contribution in [0.4, 0.5) is 34.1 Å². The van der Waals surface area contributed by atoms with Crippen molar-refractivity contribution in [3.63, 3.8) is 0 Å². The molecule has 6 aliphatic rings. The van der Waals surface area contributed by atoms with Crippen LogP contribution in [0.2, 0.25) is 0 Å². The fourth-order valence-corrected chi connectivity index (χ4v) is 22.8. The molecule has 5 nitrogen and oxygen atoms in total. The van der Waals surface area contributed by atoms with E-state index < -0.39 is 8.07 Å². The zero-order chi connectivity index (χ0) is 60.9. The van der Waals surface area contributed by atoms with Gasteiger partial charge in [-0.25, -0.2) is 0 Å². The lowest BCUT2D eigenvalue weighted by atomic mass is 9.35. The summed E-state index contributed by atoms with van der Waals surface area (Å²) in [4.78, 5) is 7.56. The van der Waals surface area contributed by atoms with Gasteiger partial charge in [-0.15, -0.1) is 0 Å². The van der Waals surface area contributed by atoms with Crippen LogP contribution in [0.15, 0.2) is 325 Å². The number of ether oxygens (including phenoxy) is 3. The van der Waals surface area contributed by atoms with E-state index >= 15 is 0 Å². The average Bonchev–Trinajstić information content (AvgIpc) is 0.673. The highest BCUT2D eigenvalue weighted by Crippen LogP contribution is 2.51. The van der Waals surface area contributed by atoms with Gasteiger partial charge < -0.3 is 24.0 Å². The second-order valence-corrected chi connectivity index (χ2v) is 29.7. The van der Waals surface area contributed by atoms with Gasteiger partial charge in [-0.1, -0.05) is 260 Å². The molecule has 0 atom stereocenters. The lowest BCUT2D eigenvalue weighted by Gasteiger charge is -2.50. The quantitative estimate of drug-likeness (QED) is 0.154. The molecular weight excluding hydrogens is 1170 g/mol. The second-order valence-electron chi connectivity index (χ2n) is 24.9. The predicted molar refractivity (Wildman–Crippen MR) is 388 cm³/mol. The Labute approximate surface area is 545 Å². The van der Waals surface area contributed by atoms with Gasteiger partial charge in [0.1, 0.15) is 34.5 Å². The van der Waals surface area contributed by atoms with Gasteiger partial charge in [0.2, 0.25) is 0 Å². The van der Waals surface area contributed by atoms with Crippen LogP contribution >= 0.6 is 11.8 Å². The Kier molecular flexibility index (Phi) is 11.5. The molecule has 0 aromatic heterocycles. The summed E-state index contributed by atoms with van der Waals surface area (Å²) in [6.07, 6.45) is 0. The van der Waals surface area contributed by atoms with E-state index in [4.69, 9.17) is 14.2 Å². The van der Waals surface area contributed by atoms with Crippen molar-refractivity contribution in [2.45, 2.75) is 9.79 Å². The van der Waals surface area contributed by atoms with Gasteiger partial charge in [-0.2, -0.15) is 0 Å². The van der Waals surface area contributed by atoms with E-state index in [1.165, 1.54) is 46.9 Å². The minimum Gasteiger partial charge on any atom is -0.458 e. The molecule has 0 amide bonds. The molecule has 0 N–H and O–H groups in total. The Bertz CT molecular complexity index is 4790.